The van der Waals surface area contributed by atoms with Crippen LogP contribution in [0.15, 0.2) is 40.8 Å². The number of aromatic nitrogens is 1. The Hall–Kier alpha value is -2.43. The number of Topliss-reactive ketones (excluding diaryl/α,β-unsaturated/α-hetero) is 1. The van der Waals surface area contributed by atoms with E-state index in [0.29, 0.717) is 11.3 Å². The lowest BCUT2D eigenvalue weighted by Crippen LogP contribution is -2.32. The highest BCUT2D eigenvalue weighted by Gasteiger charge is 2.45. The molecule has 1 aromatic carbocycles. The van der Waals surface area contributed by atoms with Crippen molar-refractivity contribution < 1.29 is 31.1 Å². The zero-order chi connectivity index (χ0) is 18.7. The average molecular weight is 381 g/mol. The van der Waals surface area contributed by atoms with E-state index in [4.69, 9.17) is 0 Å². The van der Waals surface area contributed by atoms with Crippen molar-refractivity contribution >= 4 is 28.0 Å². The maximum Gasteiger partial charge on any atom is 0.450 e. The molecule has 2 rings (SSSR count). The first-order valence-corrected chi connectivity index (χ1v) is 7.46. The van der Waals surface area contributed by atoms with Gasteiger partial charge in [-0.25, -0.2) is 4.98 Å². The molecule has 0 saturated carbocycles. The van der Waals surface area contributed by atoms with Crippen molar-refractivity contribution in [2.75, 3.05) is 5.43 Å². The number of rotatable bonds is 5. The lowest BCUT2D eigenvalue weighted by Gasteiger charge is -2.11. The van der Waals surface area contributed by atoms with Gasteiger partial charge >= 0.3 is 12.4 Å². The third kappa shape index (κ3) is 5.28. The predicted octanol–water partition coefficient (Wildman–Crippen LogP) is 4.66. The van der Waals surface area contributed by atoms with Crippen LogP contribution >= 0.6 is 11.3 Å². The van der Waals surface area contributed by atoms with Crippen LogP contribution in [0.4, 0.5) is 31.5 Å². The normalized spacial score (nSPS) is 13.0. The number of hydrogen-bond donors (Lipinski definition) is 1. The van der Waals surface area contributed by atoms with Gasteiger partial charge in [-0.05, 0) is 0 Å². The van der Waals surface area contributed by atoms with Gasteiger partial charge in [-0.3, -0.25) is 10.2 Å². The number of thiazole rings is 1. The van der Waals surface area contributed by atoms with Crippen molar-refractivity contribution in [2.24, 2.45) is 5.10 Å². The largest absolute Gasteiger partial charge is 0.450 e. The minimum atomic E-state index is -5.37. The highest BCUT2D eigenvalue weighted by molar-refractivity contribution is 7.14. The second-order valence-corrected chi connectivity index (χ2v) is 5.53. The molecule has 0 saturated heterocycles. The van der Waals surface area contributed by atoms with Gasteiger partial charge in [0.2, 0.25) is 10.9 Å². The summed E-state index contributed by atoms with van der Waals surface area (Å²) in [5, 5.41) is 4.38. The second kappa shape index (κ2) is 7.21. The van der Waals surface area contributed by atoms with Crippen molar-refractivity contribution in [3.05, 3.63) is 35.7 Å². The molecule has 0 aliphatic heterocycles. The van der Waals surface area contributed by atoms with Gasteiger partial charge in [-0.15, -0.1) is 11.3 Å². The van der Waals surface area contributed by atoms with E-state index >= 15 is 0 Å². The van der Waals surface area contributed by atoms with Crippen LogP contribution in [0, 0.1) is 0 Å². The van der Waals surface area contributed by atoms with Crippen molar-refractivity contribution in [1.29, 1.82) is 0 Å². The van der Waals surface area contributed by atoms with E-state index in [2.05, 4.69) is 10.1 Å². The zero-order valence-corrected chi connectivity index (χ0v) is 13.0. The van der Waals surface area contributed by atoms with Crippen LogP contribution in [0.1, 0.15) is 6.42 Å². The summed E-state index contributed by atoms with van der Waals surface area (Å²) in [5.74, 6) is -2.53. The Labute approximate surface area is 141 Å². The molecule has 0 unspecified atom stereocenters. The van der Waals surface area contributed by atoms with Crippen LogP contribution in [0.5, 0.6) is 0 Å². The van der Waals surface area contributed by atoms with Gasteiger partial charge in [0.05, 0.1) is 12.1 Å². The van der Waals surface area contributed by atoms with Crippen LogP contribution in [0.25, 0.3) is 11.3 Å². The molecule has 1 N–H and O–H groups in total. The third-order valence-corrected chi connectivity index (χ3v) is 3.58. The summed E-state index contributed by atoms with van der Waals surface area (Å²) < 4.78 is 74.7. The smallest absolute Gasteiger partial charge is 0.289 e. The Morgan fingerprint density at radius 2 is 1.72 bits per heavy atom. The fourth-order valence-electron chi connectivity index (χ4n) is 1.64. The number of ketones is 1. The Bertz CT molecular complexity index is 767. The molecule has 0 spiro atoms. The van der Waals surface area contributed by atoms with Gasteiger partial charge in [-0.1, -0.05) is 30.3 Å². The monoisotopic (exact) mass is 381 g/mol. The molecule has 0 aliphatic rings. The summed E-state index contributed by atoms with van der Waals surface area (Å²) in [6, 6.07) is 8.71. The van der Waals surface area contributed by atoms with Crippen molar-refractivity contribution in [3.63, 3.8) is 0 Å². The number of benzene rings is 1. The van der Waals surface area contributed by atoms with Crippen LogP contribution in [-0.2, 0) is 4.79 Å². The molecule has 0 aliphatic carbocycles. The third-order valence-electron chi connectivity index (χ3n) is 2.83. The molecule has 0 fully saturated rings. The summed E-state index contributed by atoms with van der Waals surface area (Å²) in [6.45, 7) is 0. The number of anilines is 1. The highest BCUT2D eigenvalue weighted by Crippen LogP contribution is 2.27. The van der Waals surface area contributed by atoms with E-state index in [0.717, 1.165) is 11.3 Å². The van der Waals surface area contributed by atoms with E-state index in [1.54, 1.807) is 35.7 Å². The van der Waals surface area contributed by atoms with E-state index in [-0.39, 0.29) is 5.13 Å². The Morgan fingerprint density at radius 3 is 2.28 bits per heavy atom. The summed E-state index contributed by atoms with van der Waals surface area (Å²) in [4.78, 5) is 14.8. The topological polar surface area (TPSA) is 54.4 Å². The van der Waals surface area contributed by atoms with Crippen LogP contribution in [0.2, 0.25) is 0 Å². The minimum Gasteiger partial charge on any atom is -0.289 e. The van der Waals surface area contributed by atoms with Gasteiger partial charge in [0.1, 0.15) is 5.71 Å². The quantitative estimate of drug-likeness (QED) is 0.466. The number of nitrogens with zero attached hydrogens (tertiary/aromatic N) is 2. The number of hydrazone groups is 1. The molecule has 0 bridgehead atoms. The number of carbonyl (C=O) groups is 1. The molecule has 0 atom stereocenters. The maximum atomic E-state index is 12.7. The number of carbonyl (C=O) groups excluding carboxylic acids is 1. The first-order chi connectivity index (χ1) is 11.6. The van der Waals surface area contributed by atoms with E-state index in [9.17, 15) is 31.1 Å². The molecule has 4 nitrogen and oxygen atoms in total. The summed E-state index contributed by atoms with van der Waals surface area (Å²) >= 11 is 0.918. The molecule has 1 aromatic heterocycles. The second-order valence-electron chi connectivity index (χ2n) is 4.67. The van der Waals surface area contributed by atoms with Crippen molar-refractivity contribution in [1.82, 2.24) is 4.98 Å². The zero-order valence-electron chi connectivity index (χ0n) is 12.1. The summed E-state index contributed by atoms with van der Waals surface area (Å²) in [5.41, 5.74) is 1.24. The number of nitrogens with one attached hydrogen (secondary N) is 1. The molecule has 0 radical (unpaired) electrons. The predicted molar refractivity (Wildman–Crippen MR) is 80.3 cm³/mol. The van der Waals surface area contributed by atoms with E-state index in [1.807, 2.05) is 5.43 Å². The lowest BCUT2D eigenvalue weighted by atomic mass is 10.2. The molecule has 11 heteroatoms. The number of halogens is 6. The Balaban J connectivity index is 2.16. The maximum absolute atomic E-state index is 12.7. The standard InChI is InChI=1S/C14H9F6N3OS/c15-13(16,17)10(6-11(24)14(18,19)20)22-23-12-21-9(7-25-12)8-4-2-1-3-5-8/h1-5,7H,6H2,(H,21,23). The van der Waals surface area contributed by atoms with Crippen LogP contribution in [0.3, 0.4) is 0 Å². The fraction of sp³-hybridized carbons (Fsp3) is 0.214. The average Bonchev–Trinajstić information content (AvgIpc) is 2.99. The van der Waals surface area contributed by atoms with Gasteiger partial charge in [0.25, 0.3) is 0 Å². The first-order valence-electron chi connectivity index (χ1n) is 6.58. The molecule has 1 heterocycles. The molecular formula is C14H9F6N3OS. The SMILES string of the molecule is O=C(CC(=NNc1nc(-c2ccccc2)cs1)C(F)(F)F)C(F)(F)F. The molecule has 134 valence electrons. The fourth-order valence-corrected chi connectivity index (χ4v) is 2.30. The number of alkyl halides is 6. The Morgan fingerprint density at radius 1 is 1.08 bits per heavy atom. The van der Waals surface area contributed by atoms with Gasteiger partial charge in [0, 0.05) is 10.9 Å². The molecular weight excluding hydrogens is 372 g/mol. The molecule has 25 heavy (non-hydrogen) atoms. The molecule has 2 aromatic rings. The summed E-state index contributed by atoms with van der Waals surface area (Å²) in [6.07, 6.45) is -12.5. The van der Waals surface area contributed by atoms with Crippen LogP contribution < -0.4 is 5.43 Å². The van der Waals surface area contributed by atoms with Crippen molar-refractivity contribution in [2.45, 2.75) is 18.8 Å². The summed E-state index contributed by atoms with van der Waals surface area (Å²) in [7, 11) is 0. The van der Waals surface area contributed by atoms with E-state index < -0.39 is 30.3 Å². The van der Waals surface area contributed by atoms with Crippen LogP contribution in [-0.4, -0.2) is 28.8 Å². The minimum absolute atomic E-state index is 0.0555. The van der Waals surface area contributed by atoms with Gasteiger partial charge < -0.3 is 0 Å². The number of hydrogen-bond acceptors (Lipinski definition) is 5. The van der Waals surface area contributed by atoms with Gasteiger partial charge in [0.15, 0.2) is 0 Å². The first kappa shape index (κ1) is 18.9. The van der Waals surface area contributed by atoms with Gasteiger partial charge in [-0.2, -0.15) is 31.4 Å². The van der Waals surface area contributed by atoms with E-state index in [1.165, 1.54) is 0 Å². The molecule has 0 amide bonds. The highest BCUT2D eigenvalue weighted by atomic mass is 32.1. The lowest BCUT2D eigenvalue weighted by molar-refractivity contribution is -0.170. The Kier molecular flexibility index (Phi) is 5.45. The van der Waals surface area contributed by atoms with Crippen molar-refractivity contribution in [3.8, 4) is 11.3 Å².